The van der Waals surface area contributed by atoms with Crippen molar-refractivity contribution in [2.24, 2.45) is 5.41 Å². The largest absolute Gasteiger partial charge is 0.306 e. The Morgan fingerprint density at radius 2 is 2.11 bits per heavy atom. The Balaban J connectivity index is 3.71. The molecule has 1 atom stereocenters. The van der Waals surface area contributed by atoms with Gasteiger partial charge in [0, 0.05) is 5.88 Å². The van der Waals surface area contributed by atoms with E-state index in [9.17, 15) is 4.21 Å². The molecule has 0 saturated heterocycles. The summed E-state index contributed by atoms with van der Waals surface area (Å²) in [6, 6.07) is 0. The van der Waals surface area contributed by atoms with Crippen molar-refractivity contribution >= 4 is 22.7 Å². The number of alkyl halides is 1. The molecule has 0 aromatic heterocycles. The molecule has 0 amide bonds. The number of hydrogen-bond donors (Lipinski definition) is 1. The average molecular weight is 171 g/mol. The Bertz CT molecular complexity index is 114. The molecule has 0 radical (unpaired) electrons. The summed E-state index contributed by atoms with van der Waals surface area (Å²) in [6.07, 6.45) is 0. The minimum Gasteiger partial charge on any atom is -0.306 e. The van der Waals surface area contributed by atoms with Gasteiger partial charge >= 0.3 is 0 Å². The van der Waals surface area contributed by atoms with Crippen LogP contribution in [0, 0.1) is 5.41 Å². The van der Waals surface area contributed by atoms with E-state index in [0.717, 1.165) is 0 Å². The first kappa shape index (κ1) is 9.40. The molecular weight excluding hydrogens is 160 g/mol. The maximum Gasteiger partial charge on any atom is 0.153 e. The molecule has 56 valence electrons. The Morgan fingerprint density at radius 3 is 2.22 bits per heavy atom. The monoisotopic (exact) mass is 170 g/mol. The van der Waals surface area contributed by atoms with Crippen molar-refractivity contribution in [2.75, 3.05) is 11.6 Å². The summed E-state index contributed by atoms with van der Waals surface area (Å²) in [5.74, 6) is 0.663. The SMILES string of the molecule is CC(C)(CCl)CS(=O)O. The third-order valence-corrected chi connectivity index (χ3v) is 2.63. The molecule has 9 heavy (non-hydrogen) atoms. The second kappa shape index (κ2) is 3.54. The predicted molar refractivity (Wildman–Crippen MR) is 40.1 cm³/mol. The maximum atomic E-state index is 10.2. The fourth-order valence-electron chi connectivity index (χ4n) is 0.373. The van der Waals surface area contributed by atoms with Crippen LogP contribution in [0.15, 0.2) is 0 Å². The molecule has 0 saturated carbocycles. The molecule has 0 spiro atoms. The lowest BCUT2D eigenvalue weighted by Gasteiger charge is -2.17. The third-order valence-electron chi connectivity index (χ3n) is 0.876. The minimum atomic E-state index is -1.72. The van der Waals surface area contributed by atoms with Crippen LogP contribution in [0.3, 0.4) is 0 Å². The normalized spacial score (nSPS) is 15.6. The van der Waals surface area contributed by atoms with Crippen LogP contribution in [0.1, 0.15) is 13.8 Å². The second-order valence-corrected chi connectivity index (χ2v) is 3.96. The molecule has 1 N–H and O–H groups in total. The summed E-state index contributed by atoms with van der Waals surface area (Å²) in [5, 5.41) is 0. The zero-order chi connectivity index (χ0) is 7.49. The summed E-state index contributed by atoms with van der Waals surface area (Å²) in [6.45, 7) is 3.71. The van der Waals surface area contributed by atoms with Gasteiger partial charge in [-0.1, -0.05) is 13.8 Å². The Morgan fingerprint density at radius 1 is 1.67 bits per heavy atom. The smallest absolute Gasteiger partial charge is 0.153 e. The van der Waals surface area contributed by atoms with Crippen LogP contribution >= 0.6 is 11.6 Å². The highest BCUT2D eigenvalue weighted by Crippen LogP contribution is 2.17. The van der Waals surface area contributed by atoms with Gasteiger partial charge in [-0.05, 0) is 5.41 Å². The summed E-state index contributed by atoms with van der Waals surface area (Å²) >= 11 is 3.77. The van der Waals surface area contributed by atoms with E-state index in [1.165, 1.54) is 0 Å². The van der Waals surface area contributed by atoms with E-state index in [0.29, 0.717) is 5.88 Å². The van der Waals surface area contributed by atoms with Crippen LogP contribution < -0.4 is 0 Å². The van der Waals surface area contributed by atoms with E-state index < -0.39 is 11.1 Å². The number of halogens is 1. The lowest BCUT2D eigenvalue weighted by Crippen LogP contribution is -2.21. The molecule has 0 aromatic rings. The molecule has 2 nitrogen and oxygen atoms in total. The van der Waals surface area contributed by atoms with E-state index in [-0.39, 0.29) is 11.2 Å². The Labute approximate surface area is 62.9 Å². The lowest BCUT2D eigenvalue weighted by atomic mass is 10.0. The van der Waals surface area contributed by atoms with E-state index in [4.69, 9.17) is 16.2 Å². The first-order valence-electron chi connectivity index (χ1n) is 2.61. The van der Waals surface area contributed by atoms with Crippen molar-refractivity contribution in [2.45, 2.75) is 13.8 Å². The van der Waals surface area contributed by atoms with Gasteiger partial charge < -0.3 is 4.55 Å². The molecule has 0 aliphatic carbocycles. The van der Waals surface area contributed by atoms with Crippen molar-refractivity contribution in [3.05, 3.63) is 0 Å². The van der Waals surface area contributed by atoms with Gasteiger partial charge in [0.15, 0.2) is 11.1 Å². The highest BCUT2D eigenvalue weighted by atomic mass is 35.5. The lowest BCUT2D eigenvalue weighted by molar-refractivity contribution is 0.460. The van der Waals surface area contributed by atoms with Gasteiger partial charge in [-0.15, -0.1) is 11.6 Å². The van der Waals surface area contributed by atoms with Crippen molar-refractivity contribution in [3.8, 4) is 0 Å². The van der Waals surface area contributed by atoms with E-state index in [1.807, 2.05) is 13.8 Å². The summed E-state index contributed by atoms with van der Waals surface area (Å²) in [4.78, 5) is 0. The highest BCUT2D eigenvalue weighted by Gasteiger charge is 2.18. The van der Waals surface area contributed by atoms with Gasteiger partial charge in [0.25, 0.3) is 0 Å². The zero-order valence-corrected chi connectivity index (χ0v) is 7.13. The van der Waals surface area contributed by atoms with Crippen LogP contribution in [-0.2, 0) is 11.1 Å². The number of hydrogen-bond acceptors (Lipinski definition) is 1. The Hall–Kier alpha value is 0.400. The molecule has 4 heteroatoms. The van der Waals surface area contributed by atoms with E-state index in [2.05, 4.69) is 0 Å². The summed E-state index contributed by atoms with van der Waals surface area (Å²) < 4.78 is 18.7. The van der Waals surface area contributed by atoms with Gasteiger partial charge in [-0.3, -0.25) is 0 Å². The van der Waals surface area contributed by atoms with Crippen LogP contribution in [0.5, 0.6) is 0 Å². The van der Waals surface area contributed by atoms with Gasteiger partial charge in [-0.25, -0.2) is 4.21 Å². The molecule has 1 unspecified atom stereocenters. The zero-order valence-electron chi connectivity index (χ0n) is 5.56. The van der Waals surface area contributed by atoms with Crippen LogP contribution in [0.4, 0.5) is 0 Å². The first-order valence-corrected chi connectivity index (χ1v) is 4.42. The van der Waals surface area contributed by atoms with Gasteiger partial charge in [-0.2, -0.15) is 0 Å². The van der Waals surface area contributed by atoms with Gasteiger partial charge in [0.1, 0.15) is 0 Å². The van der Waals surface area contributed by atoms with Gasteiger partial charge in [0.2, 0.25) is 0 Å². The number of rotatable bonds is 3. The van der Waals surface area contributed by atoms with Crippen LogP contribution in [-0.4, -0.2) is 20.4 Å². The molecule has 0 fully saturated rings. The molecule has 0 aromatic carbocycles. The van der Waals surface area contributed by atoms with Crippen LogP contribution in [0.25, 0.3) is 0 Å². The van der Waals surface area contributed by atoms with E-state index >= 15 is 0 Å². The first-order chi connectivity index (χ1) is 3.98. The molecule has 0 rings (SSSR count). The molecule has 0 bridgehead atoms. The summed E-state index contributed by atoms with van der Waals surface area (Å²) in [7, 11) is 0. The summed E-state index contributed by atoms with van der Waals surface area (Å²) in [5.41, 5.74) is -0.221. The highest BCUT2D eigenvalue weighted by molar-refractivity contribution is 7.79. The van der Waals surface area contributed by atoms with Gasteiger partial charge in [0.05, 0.1) is 5.75 Å². The fraction of sp³-hybridized carbons (Fsp3) is 1.00. The van der Waals surface area contributed by atoms with E-state index in [1.54, 1.807) is 0 Å². The predicted octanol–water partition coefficient (Wildman–Crippen LogP) is 1.47. The average Bonchev–Trinajstić information content (AvgIpc) is 1.63. The molecular formula is C5H11ClO2S. The van der Waals surface area contributed by atoms with Crippen molar-refractivity contribution in [1.82, 2.24) is 0 Å². The quantitative estimate of drug-likeness (QED) is 0.515. The van der Waals surface area contributed by atoms with Crippen molar-refractivity contribution in [3.63, 3.8) is 0 Å². The standard InChI is InChI=1S/C5H11ClO2S/c1-5(2,3-6)4-9(7)8/h3-4H2,1-2H3,(H,7,8). The maximum absolute atomic E-state index is 10.2. The topological polar surface area (TPSA) is 37.3 Å². The third kappa shape index (κ3) is 4.88. The fourth-order valence-corrected chi connectivity index (χ4v) is 1.35. The van der Waals surface area contributed by atoms with Crippen molar-refractivity contribution < 1.29 is 8.76 Å². The molecule has 0 aliphatic rings. The minimum absolute atomic E-state index is 0.221. The molecule has 0 heterocycles. The second-order valence-electron chi connectivity index (χ2n) is 2.76. The molecule has 0 aliphatic heterocycles. The van der Waals surface area contributed by atoms with Crippen molar-refractivity contribution in [1.29, 1.82) is 0 Å². The Kier molecular flexibility index (Phi) is 3.70. The van der Waals surface area contributed by atoms with Crippen LogP contribution in [0.2, 0.25) is 0 Å².